The van der Waals surface area contributed by atoms with Gasteiger partial charge in [0, 0.05) is 12.2 Å². The van der Waals surface area contributed by atoms with Crippen LogP contribution in [0.4, 0.5) is 11.4 Å². The minimum absolute atomic E-state index is 0.0560. The fraction of sp³-hybridized carbons (Fsp3) is 0.160. The molecule has 1 N–H and O–H groups in total. The SMILES string of the molecule is COc1ccc(CN(C(=S)Nc2ccccc2)[C@@H]2CC(=O)N(c3ccccc3)C2=O)cc1. The smallest absolute Gasteiger partial charge is 0.257 e. The van der Waals surface area contributed by atoms with Gasteiger partial charge in [-0.1, -0.05) is 48.5 Å². The molecule has 0 spiro atoms. The molecule has 162 valence electrons. The van der Waals surface area contributed by atoms with Gasteiger partial charge in [-0.05, 0) is 54.2 Å². The number of nitrogens with one attached hydrogen (secondary N) is 1. The summed E-state index contributed by atoms with van der Waals surface area (Å²) in [6, 6.07) is 25.4. The number of hydrogen-bond acceptors (Lipinski definition) is 4. The van der Waals surface area contributed by atoms with Crippen molar-refractivity contribution in [2.75, 3.05) is 17.3 Å². The molecule has 1 aliphatic rings. The maximum atomic E-state index is 13.4. The molecule has 1 atom stereocenters. The molecule has 0 unspecified atom stereocenters. The highest BCUT2D eigenvalue weighted by Gasteiger charge is 2.43. The molecule has 0 radical (unpaired) electrons. The van der Waals surface area contributed by atoms with Gasteiger partial charge in [0.05, 0.1) is 19.2 Å². The van der Waals surface area contributed by atoms with Gasteiger partial charge >= 0.3 is 0 Å². The lowest BCUT2D eigenvalue weighted by molar-refractivity contribution is -0.122. The van der Waals surface area contributed by atoms with Gasteiger partial charge in [0.15, 0.2) is 5.11 Å². The van der Waals surface area contributed by atoms with Gasteiger partial charge in [0.1, 0.15) is 11.8 Å². The minimum Gasteiger partial charge on any atom is -0.497 e. The summed E-state index contributed by atoms with van der Waals surface area (Å²) in [5, 5.41) is 3.58. The van der Waals surface area contributed by atoms with Crippen LogP contribution in [0.5, 0.6) is 5.75 Å². The Morgan fingerprint density at radius 1 is 1.00 bits per heavy atom. The number of benzene rings is 3. The second kappa shape index (κ2) is 9.62. The van der Waals surface area contributed by atoms with Crippen LogP contribution in [0.1, 0.15) is 12.0 Å². The van der Waals surface area contributed by atoms with Crippen molar-refractivity contribution in [2.45, 2.75) is 19.0 Å². The normalized spacial score (nSPS) is 15.5. The first-order chi connectivity index (χ1) is 15.6. The van der Waals surface area contributed by atoms with Gasteiger partial charge in [0.25, 0.3) is 5.91 Å². The van der Waals surface area contributed by atoms with Crippen molar-refractivity contribution in [3.63, 3.8) is 0 Å². The minimum atomic E-state index is -0.700. The van der Waals surface area contributed by atoms with Crippen LogP contribution in [-0.2, 0) is 16.1 Å². The Balaban J connectivity index is 1.62. The average molecular weight is 446 g/mol. The molecule has 1 heterocycles. The zero-order valence-corrected chi connectivity index (χ0v) is 18.4. The zero-order valence-electron chi connectivity index (χ0n) is 17.6. The molecule has 1 aliphatic heterocycles. The Kier molecular flexibility index (Phi) is 6.47. The zero-order chi connectivity index (χ0) is 22.5. The van der Waals surface area contributed by atoms with E-state index in [1.54, 1.807) is 36.3 Å². The fourth-order valence-electron chi connectivity index (χ4n) is 3.68. The number of rotatable bonds is 6. The van der Waals surface area contributed by atoms with Crippen molar-refractivity contribution in [1.82, 2.24) is 4.90 Å². The van der Waals surface area contributed by atoms with Crippen molar-refractivity contribution >= 4 is 40.5 Å². The van der Waals surface area contributed by atoms with Crippen molar-refractivity contribution in [3.05, 3.63) is 90.5 Å². The van der Waals surface area contributed by atoms with Crippen LogP contribution < -0.4 is 15.0 Å². The van der Waals surface area contributed by atoms with Gasteiger partial charge in [-0.3, -0.25) is 9.59 Å². The first-order valence-electron chi connectivity index (χ1n) is 10.2. The topological polar surface area (TPSA) is 61.9 Å². The molecule has 0 bridgehead atoms. The molecule has 0 aliphatic carbocycles. The van der Waals surface area contributed by atoms with E-state index in [2.05, 4.69) is 5.32 Å². The lowest BCUT2D eigenvalue weighted by atomic mass is 10.1. The highest BCUT2D eigenvalue weighted by Crippen LogP contribution is 2.27. The number of imide groups is 1. The molecular weight excluding hydrogens is 422 g/mol. The largest absolute Gasteiger partial charge is 0.497 e. The summed E-state index contributed by atoms with van der Waals surface area (Å²) in [4.78, 5) is 29.2. The fourth-order valence-corrected chi connectivity index (χ4v) is 3.99. The van der Waals surface area contributed by atoms with Gasteiger partial charge in [-0.15, -0.1) is 0 Å². The van der Waals surface area contributed by atoms with Crippen molar-refractivity contribution in [3.8, 4) is 5.75 Å². The maximum Gasteiger partial charge on any atom is 0.257 e. The summed E-state index contributed by atoms with van der Waals surface area (Å²) in [5.74, 6) is 0.216. The number of para-hydroxylation sites is 2. The molecule has 0 aromatic heterocycles. The number of methoxy groups -OCH3 is 1. The van der Waals surface area contributed by atoms with Crippen LogP contribution in [0.2, 0.25) is 0 Å². The maximum absolute atomic E-state index is 13.4. The number of anilines is 2. The Morgan fingerprint density at radius 2 is 1.62 bits per heavy atom. The average Bonchev–Trinajstić information content (AvgIpc) is 3.12. The Labute approximate surface area is 192 Å². The summed E-state index contributed by atoms with van der Waals surface area (Å²) in [5.41, 5.74) is 2.33. The van der Waals surface area contributed by atoms with Gasteiger partial charge in [-0.2, -0.15) is 0 Å². The first-order valence-corrected chi connectivity index (χ1v) is 10.6. The summed E-state index contributed by atoms with van der Waals surface area (Å²) in [7, 11) is 1.61. The molecule has 2 amide bonds. The Morgan fingerprint density at radius 3 is 2.25 bits per heavy atom. The summed E-state index contributed by atoms with van der Waals surface area (Å²) >= 11 is 5.70. The van der Waals surface area contributed by atoms with Crippen LogP contribution in [0, 0.1) is 0 Å². The van der Waals surface area contributed by atoms with E-state index < -0.39 is 6.04 Å². The second-order valence-corrected chi connectivity index (χ2v) is 7.78. The molecule has 7 heteroatoms. The third kappa shape index (κ3) is 4.63. The summed E-state index contributed by atoms with van der Waals surface area (Å²) in [6.45, 7) is 0.370. The van der Waals surface area contributed by atoms with E-state index in [9.17, 15) is 9.59 Å². The lowest BCUT2D eigenvalue weighted by Gasteiger charge is -2.30. The molecule has 1 saturated heterocycles. The Bertz CT molecular complexity index is 1100. The molecule has 4 rings (SSSR count). The number of thiocarbonyl (C=S) groups is 1. The number of ether oxygens (including phenoxy) is 1. The highest BCUT2D eigenvalue weighted by atomic mass is 32.1. The number of amides is 2. The van der Waals surface area contributed by atoms with Crippen LogP contribution in [0.3, 0.4) is 0 Å². The van der Waals surface area contributed by atoms with E-state index in [1.165, 1.54) is 4.90 Å². The summed E-state index contributed by atoms with van der Waals surface area (Å²) < 4.78 is 5.24. The van der Waals surface area contributed by atoms with Gasteiger partial charge in [-0.25, -0.2) is 4.90 Å². The number of carbonyl (C=O) groups is 2. The predicted molar refractivity (Wildman–Crippen MR) is 129 cm³/mol. The molecular formula is C25H23N3O3S. The lowest BCUT2D eigenvalue weighted by Crippen LogP contribution is -2.46. The highest BCUT2D eigenvalue weighted by molar-refractivity contribution is 7.80. The van der Waals surface area contributed by atoms with E-state index >= 15 is 0 Å². The van der Waals surface area contributed by atoms with Gasteiger partial charge in [0.2, 0.25) is 5.91 Å². The molecule has 3 aromatic rings. The quantitative estimate of drug-likeness (QED) is 0.453. The number of hydrogen-bond donors (Lipinski definition) is 1. The third-order valence-electron chi connectivity index (χ3n) is 5.31. The molecule has 3 aromatic carbocycles. The van der Waals surface area contributed by atoms with E-state index in [-0.39, 0.29) is 18.2 Å². The molecule has 0 saturated carbocycles. The van der Waals surface area contributed by atoms with Crippen molar-refractivity contribution in [2.24, 2.45) is 0 Å². The van der Waals surface area contributed by atoms with Crippen LogP contribution in [-0.4, -0.2) is 35.0 Å². The molecule has 1 fully saturated rings. The Hall–Kier alpha value is -3.71. The predicted octanol–water partition coefficient (Wildman–Crippen LogP) is 4.23. The monoisotopic (exact) mass is 445 g/mol. The standard InChI is InChI=1S/C25H23N3O3S/c1-31-21-14-12-18(13-15-21)17-27(25(32)26-19-8-4-2-5-9-19)22-16-23(29)28(24(22)30)20-10-6-3-7-11-20/h2-15,22H,16-17H2,1H3,(H,26,32)/t22-/m1/s1. The molecule has 32 heavy (non-hydrogen) atoms. The van der Waals surface area contributed by atoms with Crippen LogP contribution in [0.15, 0.2) is 84.9 Å². The number of carbonyl (C=O) groups excluding carboxylic acids is 2. The third-order valence-corrected chi connectivity index (χ3v) is 5.65. The van der Waals surface area contributed by atoms with E-state index in [0.29, 0.717) is 17.3 Å². The van der Waals surface area contributed by atoms with Crippen LogP contribution >= 0.6 is 12.2 Å². The van der Waals surface area contributed by atoms with Crippen molar-refractivity contribution < 1.29 is 14.3 Å². The van der Waals surface area contributed by atoms with E-state index in [4.69, 9.17) is 17.0 Å². The summed E-state index contributed by atoms with van der Waals surface area (Å²) in [6.07, 6.45) is 0.0560. The van der Waals surface area contributed by atoms with E-state index in [1.807, 2.05) is 60.7 Å². The van der Waals surface area contributed by atoms with E-state index in [0.717, 1.165) is 17.0 Å². The first kappa shape index (κ1) is 21.5. The van der Waals surface area contributed by atoms with Crippen LogP contribution in [0.25, 0.3) is 0 Å². The number of nitrogens with zero attached hydrogens (tertiary/aromatic N) is 2. The second-order valence-electron chi connectivity index (χ2n) is 7.40. The van der Waals surface area contributed by atoms with Crippen molar-refractivity contribution in [1.29, 1.82) is 0 Å². The molecule has 6 nitrogen and oxygen atoms in total. The van der Waals surface area contributed by atoms with Gasteiger partial charge < -0.3 is 15.0 Å².